The molecule has 0 aliphatic heterocycles. The van der Waals surface area contributed by atoms with Crippen molar-refractivity contribution in [2.75, 3.05) is 18.9 Å². The highest BCUT2D eigenvalue weighted by atomic mass is 35.5. The van der Waals surface area contributed by atoms with Gasteiger partial charge in [-0.15, -0.1) is 10.2 Å². The molecule has 2 amide bonds. The fourth-order valence-corrected chi connectivity index (χ4v) is 3.79. The lowest BCUT2D eigenvalue weighted by Gasteiger charge is -2.17. The molecular weight excluding hydrogens is 475 g/mol. The molecule has 0 unspecified atom stereocenters. The number of hydrogen-bond acceptors (Lipinski definition) is 5. The third-order valence-electron chi connectivity index (χ3n) is 5.02. The first-order valence-corrected chi connectivity index (χ1v) is 11.1. The van der Waals surface area contributed by atoms with E-state index in [-0.39, 0.29) is 12.5 Å². The summed E-state index contributed by atoms with van der Waals surface area (Å²) in [5.74, 6) is 0.0259. The monoisotopic (exact) mass is 494 g/mol. The van der Waals surface area contributed by atoms with Gasteiger partial charge in [0.2, 0.25) is 17.7 Å². The van der Waals surface area contributed by atoms with Crippen LogP contribution in [-0.4, -0.2) is 40.5 Å². The quantitative estimate of drug-likeness (QED) is 0.369. The summed E-state index contributed by atoms with van der Waals surface area (Å²) in [5, 5.41) is 11.5. The third kappa shape index (κ3) is 5.27. The maximum Gasteiger partial charge on any atom is 0.254 e. The van der Waals surface area contributed by atoms with Crippen molar-refractivity contribution in [3.05, 3.63) is 87.9 Å². The smallest absolute Gasteiger partial charge is 0.254 e. The van der Waals surface area contributed by atoms with Crippen molar-refractivity contribution in [2.45, 2.75) is 6.92 Å². The number of nitrogens with one attached hydrogen (secondary N) is 1. The Balaban J connectivity index is 1.41. The molecule has 1 aromatic heterocycles. The van der Waals surface area contributed by atoms with Crippen molar-refractivity contribution in [3.8, 4) is 22.9 Å². The number of para-hydroxylation sites is 1. The van der Waals surface area contributed by atoms with Gasteiger partial charge < -0.3 is 14.6 Å². The number of aromatic nitrogens is 2. The van der Waals surface area contributed by atoms with Crippen LogP contribution in [0.4, 0.5) is 5.69 Å². The van der Waals surface area contributed by atoms with Gasteiger partial charge in [0.15, 0.2) is 0 Å². The Hall–Kier alpha value is -3.68. The van der Waals surface area contributed by atoms with E-state index in [4.69, 9.17) is 27.6 Å². The SMILES string of the molecule is Cc1cccc(-c2nnc(-c3ccc(C(=O)N(C)CC(=O)Nc4c(Cl)cccc4Cl)cc3)o2)c1. The van der Waals surface area contributed by atoms with Crippen LogP contribution in [-0.2, 0) is 4.79 Å². The Morgan fingerprint density at radius 3 is 2.18 bits per heavy atom. The molecule has 34 heavy (non-hydrogen) atoms. The first-order chi connectivity index (χ1) is 16.3. The standard InChI is InChI=1S/C25H20Cl2N4O3/c1-15-5-3-6-18(13-15)24-30-29-23(34-24)16-9-11-17(12-10-16)25(33)31(2)14-21(32)28-22-19(26)7-4-8-20(22)27/h3-13H,14H2,1-2H3,(H,28,32). The van der Waals surface area contributed by atoms with Gasteiger partial charge in [0, 0.05) is 23.7 Å². The predicted octanol–water partition coefficient (Wildman–Crippen LogP) is 5.73. The van der Waals surface area contributed by atoms with Gasteiger partial charge in [-0.25, -0.2) is 0 Å². The number of halogens is 2. The molecule has 0 radical (unpaired) electrons. The molecule has 0 saturated heterocycles. The Morgan fingerprint density at radius 2 is 1.53 bits per heavy atom. The number of hydrogen-bond donors (Lipinski definition) is 1. The summed E-state index contributed by atoms with van der Waals surface area (Å²) in [6.07, 6.45) is 0. The fourth-order valence-electron chi connectivity index (χ4n) is 3.29. The molecule has 7 nitrogen and oxygen atoms in total. The molecule has 0 aliphatic carbocycles. The van der Waals surface area contributed by atoms with Gasteiger partial charge in [-0.3, -0.25) is 9.59 Å². The summed E-state index contributed by atoms with van der Waals surface area (Å²) in [4.78, 5) is 26.5. The number of rotatable bonds is 6. The van der Waals surface area contributed by atoms with Gasteiger partial charge in [-0.1, -0.05) is 47.0 Å². The van der Waals surface area contributed by atoms with Crippen LogP contribution in [0.5, 0.6) is 0 Å². The topological polar surface area (TPSA) is 88.3 Å². The van der Waals surface area contributed by atoms with Gasteiger partial charge in [-0.05, 0) is 55.5 Å². The molecule has 9 heteroatoms. The molecule has 3 aromatic carbocycles. The van der Waals surface area contributed by atoms with E-state index in [1.54, 1.807) is 42.5 Å². The van der Waals surface area contributed by atoms with Crippen LogP contribution in [0.25, 0.3) is 22.9 Å². The number of carbonyl (C=O) groups is 2. The van der Waals surface area contributed by atoms with E-state index in [1.807, 2.05) is 31.2 Å². The summed E-state index contributed by atoms with van der Waals surface area (Å²) >= 11 is 12.2. The van der Waals surface area contributed by atoms with Gasteiger partial charge in [0.05, 0.1) is 22.3 Å². The lowest BCUT2D eigenvalue weighted by molar-refractivity contribution is -0.116. The highest BCUT2D eigenvalue weighted by Gasteiger charge is 2.18. The number of likely N-dealkylation sites (N-methyl/N-ethyl adjacent to an activating group) is 1. The molecule has 0 bridgehead atoms. The van der Waals surface area contributed by atoms with Crippen molar-refractivity contribution in [2.24, 2.45) is 0 Å². The van der Waals surface area contributed by atoms with E-state index in [0.717, 1.165) is 11.1 Å². The number of nitrogens with zero attached hydrogens (tertiary/aromatic N) is 3. The summed E-state index contributed by atoms with van der Waals surface area (Å²) in [5.41, 5.74) is 3.33. The molecule has 0 spiro atoms. The molecule has 1 heterocycles. The van der Waals surface area contributed by atoms with Crippen LogP contribution in [0, 0.1) is 6.92 Å². The number of aryl methyl sites for hydroxylation is 1. The second-order valence-electron chi connectivity index (χ2n) is 7.67. The van der Waals surface area contributed by atoms with Crippen molar-refractivity contribution < 1.29 is 14.0 Å². The molecule has 4 rings (SSSR count). The number of amides is 2. The van der Waals surface area contributed by atoms with E-state index in [2.05, 4.69) is 15.5 Å². The van der Waals surface area contributed by atoms with Crippen LogP contribution >= 0.6 is 23.2 Å². The van der Waals surface area contributed by atoms with E-state index in [0.29, 0.717) is 38.6 Å². The third-order valence-corrected chi connectivity index (χ3v) is 5.65. The Kier molecular flexibility index (Phi) is 6.95. The second-order valence-corrected chi connectivity index (χ2v) is 8.48. The molecule has 0 fully saturated rings. The fraction of sp³-hybridized carbons (Fsp3) is 0.120. The zero-order chi connectivity index (χ0) is 24.2. The molecule has 4 aromatic rings. The Labute approximate surface area is 206 Å². The highest BCUT2D eigenvalue weighted by Crippen LogP contribution is 2.30. The lowest BCUT2D eigenvalue weighted by atomic mass is 10.1. The minimum absolute atomic E-state index is 0.175. The molecule has 172 valence electrons. The van der Waals surface area contributed by atoms with Crippen molar-refractivity contribution >= 4 is 40.7 Å². The first kappa shape index (κ1) is 23.5. The molecule has 0 saturated carbocycles. The number of anilines is 1. The Bertz CT molecular complexity index is 1330. The van der Waals surface area contributed by atoms with Crippen molar-refractivity contribution in [1.29, 1.82) is 0 Å². The van der Waals surface area contributed by atoms with Crippen LogP contribution < -0.4 is 5.32 Å². The summed E-state index contributed by atoms with van der Waals surface area (Å²) < 4.78 is 5.79. The first-order valence-electron chi connectivity index (χ1n) is 10.3. The zero-order valence-electron chi connectivity index (χ0n) is 18.4. The molecule has 0 atom stereocenters. The average Bonchev–Trinajstić information content (AvgIpc) is 3.31. The summed E-state index contributed by atoms with van der Waals surface area (Å²) in [6, 6.07) is 19.4. The second kappa shape index (κ2) is 10.1. The zero-order valence-corrected chi connectivity index (χ0v) is 19.9. The number of benzene rings is 3. The van der Waals surface area contributed by atoms with E-state index in [1.165, 1.54) is 11.9 Å². The minimum Gasteiger partial charge on any atom is -0.416 e. The summed E-state index contributed by atoms with van der Waals surface area (Å²) in [6.45, 7) is 1.81. The van der Waals surface area contributed by atoms with Crippen LogP contribution in [0.1, 0.15) is 15.9 Å². The number of carbonyl (C=O) groups excluding carboxylic acids is 2. The normalized spacial score (nSPS) is 10.7. The van der Waals surface area contributed by atoms with Crippen LogP contribution in [0.15, 0.2) is 71.1 Å². The van der Waals surface area contributed by atoms with Crippen LogP contribution in [0.3, 0.4) is 0 Å². The summed E-state index contributed by atoms with van der Waals surface area (Å²) in [7, 11) is 1.54. The lowest BCUT2D eigenvalue weighted by Crippen LogP contribution is -2.35. The van der Waals surface area contributed by atoms with Gasteiger partial charge >= 0.3 is 0 Å². The van der Waals surface area contributed by atoms with E-state index < -0.39 is 5.91 Å². The van der Waals surface area contributed by atoms with Gasteiger partial charge in [0.25, 0.3) is 5.91 Å². The predicted molar refractivity (Wildman–Crippen MR) is 132 cm³/mol. The molecular formula is C25H20Cl2N4O3. The van der Waals surface area contributed by atoms with E-state index in [9.17, 15) is 9.59 Å². The van der Waals surface area contributed by atoms with Gasteiger partial charge in [0.1, 0.15) is 0 Å². The van der Waals surface area contributed by atoms with E-state index >= 15 is 0 Å². The van der Waals surface area contributed by atoms with Crippen molar-refractivity contribution in [1.82, 2.24) is 15.1 Å². The maximum atomic E-state index is 12.8. The molecule has 1 N–H and O–H groups in total. The van der Waals surface area contributed by atoms with Gasteiger partial charge in [-0.2, -0.15) is 0 Å². The average molecular weight is 495 g/mol. The highest BCUT2D eigenvalue weighted by molar-refractivity contribution is 6.39. The minimum atomic E-state index is -0.419. The largest absolute Gasteiger partial charge is 0.416 e. The van der Waals surface area contributed by atoms with Crippen molar-refractivity contribution in [3.63, 3.8) is 0 Å². The Morgan fingerprint density at radius 1 is 0.912 bits per heavy atom. The van der Waals surface area contributed by atoms with Crippen LogP contribution in [0.2, 0.25) is 10.0 Å². The molecule has 0 aliphatic rings. The maximum absolute atomic E-state index is 12.8.